The van der Waals surface area contributed by atoms with E-state index in [0.29, 0.717) is 0 Å². The van der Waals surface area contributed by atoms with Gasteiger partial charge in [0.2, 0.25) is 0 Å². The first kappa shape index (κ1) is 10.1. The zero-order chi connectivity index (χ0) is 8.81. The summed E-state index contributed by atoms with van der Waals surface area (Å²) in [6.07, 6.45) is 8.17. The van der Waals surface area contributed by atoms with Crippen LogP contribution in [0.1, 0.15) is 32.1 Å². The van der Waals surface area contributed by atoms with Gasteiger partial charge in [-0.05, 0) is 32.1 Å². The summed E-state index contributed by atoms with van der Waals surface area (Å²) in [6.45, 7) is 0.865. The van der Waals surface area contributed by atoms with Gasteiger partial charge in [-0.15, -0.1) is 11.6 Å². The van der Waals surface area contributed by atoms with E-state index < -0.39 is 0 Å². The number of ether oxygens (including phenoxy) is 1. The number of methoxy groups -OCH3 is 1. The van der Waals surface area contributed by atoms with Crippen molar-refractivity contribution >= 4 is 11.6 Å². The molecule has 0 aromatic rings. The van der Waals surface area contributed by atoms with Crippen molar-refractivity contribution in [1.82, 2.24) is 0 Å². The Kier molecular flexibility index (Phi) is 4.70. The fourth-order valence-electron chi connectivity index (χ4n) is 1.60. The molecule has 0 saturated carbocycles. The molecular formula is C10H17ClO. The predicted molar refractivity (Wildman–Crippen MR) is 52.7 cm³/mol. The van der Waals surface area contributed by atoms with E-state index in [1.807, 2.05) is 0 Å². The Bertz CT molecular complexity index is 154. The summed E-state index contributed by atoms with van der Waals surface area (Å²) in [5.41, 5.74) is 1.53. The molecule has 0 aromatic heterocycles. The molecule has 0 aromatic carbocycles. The van der Waals surface area contributed by atoms with Crippen LogP contribution < -0.4 is 0 Å². The van der Waals surface area contributed by atoms with Gasteiger partial charge in [-0.25, -0.2) is 0 Å². The molecule has 1 aliphatic carbocycles. The van der Waals surface area contributed by atoms with Crippen LogP contribution in [0.2, 0.25) is 0 Å². The average molecular weight is 189 g/mol. The van der Waals surface area contributed by atoms with Crippen molar-refractivity contribution in [3.63, 3.8) is 0 Å². The summed E-state index contributed by atoms with van der Waals surface area (Å²) in [6, 6.07) is 0. The summed E-state index contributed by atoms with van der Waals surface area (Å²) in [7, 11) is 1.75. The normalized spacial score (nSPS) is 23.8. The molecule has 1 atom stereocenters. The SMILES string of the molecule is COCCCC1=CC(Cl)CCC1. The van der Waals surface area contributed by atoms with Gasteiger partial charge in [0.05, 0.1) is 5.38 Å². The lowest BCUT2D eigenvalue weighted by molar-refractivity contribution is 0.194. The van der Waals surface area contributed by atoms with Crippen LogP contribution in [0, 0.1) is 0 Å². The number of rotatable bonds is 4. The topological polar surface area (TPSA) is 9.23 Å². The van der Waals surface area contributed by atoms with Crippen molar-refractivity contribution < 1.29 is 4.74 Å². The third kappa shape index (κ3) is 3.59. The van der Waals surface area contributed by atoms with E-state index in [2.05, 4.69) is 6.08 Å². The fraction of sp³-hybridized carbons (Fsp3) is 0.800. The zero-order valence-corrected chi connectivity index (χ0v) is 8.44. The number of hydrogen-bond acceptors (Lipinski definition) is 1. The van der Waals surface area contributed by atoms with Crippen LogP contribution in [-0.4, -0.2) is 19.1 Å². The molecule has 1 aliphatic rings. The second-order valence-electron chi connectivity index (χ2n) is 3.33. The molecule has 70 valence electrons. The maximum Gasteiger partial charge on any atom is 0.0518 e. The number of allylic oxidation sites excluding steroid dienone is 2. The number of alkyl halides is 1. The van der Waals surface area contributed by atoms with E-state index >= 15 is 0 Å². The second-order valence-corrected chi connectivity index (χ2v) is 3.89. The van der Waals surface area contributed by atoms with Gasteiger partial charge in [-0.2, -0.15) is 0 Å². The highest BCUT2D eigenvalue weighted by Gasteiger charge is 2.09. The minimum absolute atomic E-state index is 0.288. The summed E-state index contributed by atoms with van der Waals surface area (Å²) < 4.78 is 5.00. The molecule has 2 heteroatoms. The summed E-state index contributed by atoms with van der Waals surface area (Å²) in [5, 5.41) is 0.288. The molecule has 0 spiro atoms. The molecule has 12 heavy (non-hydrogen) atoms. The van der Waals surface area contributed by atoms with E-state index in [9.17, 15) is 0 Å². The Labute approximate surface area is 79.7 Å². The van der Waals surface area contributed by atoms with Crippen LogP contribution >= 0.6 is 11.6 Å². The van der Waals surface area contributed by atoms with E-state index in [4.69, 9.17) is 16.3 Å². The number of hydrogen-bond donors (Lipinski definition) is 0. The standard InChI is InChI=1S/C10H17ClO/c1-12-7-3-5-9-4-2-6-10(11)8-9/h8,10H,2-7H2,1H3. The van der Waals surface area contributed by atoms with Gasteiger partial charge in [0.15, 0.2) is 0 Å². The molecule has 0 radical (unpaired) electrons. The van der Waals surface area contributed by atoms with Crippen molar-refractivity contribution in [2.75, 3.05) is 13.7 Å². The zero-order valence-electron chi connectivity index (χ0n) is 7.68. The highest BCUT2D eigenvalue weighted by molar-refractivity contribution is 6.21. The highest BCUT2D eigenvalue weighted by Crippen LogP contribution is 2.24. The first-order valence-corrected chi connectivity index (χ1v) is 5.09. The maximum atomic E-state index is 6.02. The lowest BCUT2D eigenvalue weighted by Gasteiger charge is -2.15. The Morgan fingerprint density at radius 2 is 2.50 bits per heavy atom. The molecular weight excluding hydrogens is 172 g/mol. The van der Waals surface area contributed by atoms with Crippen LogP contribution in [0.25, 0.3) is 0 Å². The molecule has 1 nitrogen and oxygen atoms in total. The van der Waals surface area contributed by atoms with Gasteiger partial charge >= 0.3 is 0 Å². The predicted octanol–water partition coefficient (Wildman–Crippen LogP) is 3.13. The molecule has 0 bridgehead atoms. The van der Waals surface area contributed by atoms with E-state index in [1.54, 1.807) is 7.11 Å². The average Bonchev–Trinajstić information content (AvgIpc) is 2.05. The third-order valence-corrected chi connectivity index (χ3v) is 2.58. The third-order valence-electron chi connectivity index (χ3n) is 2.24. The molecule has 0 saturated heterocycles. The summed E-state index contributed by atoms with van der Waals surface area (Å²) >= 11 is 6.02. The monoisotopic (exact) mass is 188 g/mol. The van der Waals surface area contributed by atoms with Crippen LogP contribution in [0.4, 0.5) is 0 Å². The van der Waals surface area contributed by atoms with E-state index in [-0.39, 0.29) is 5.38 Å². The minimum Gasteiger partial charge on any atom is -0.385 e. The number of halogens is 1. The smallest absolute Gasteiger partial charge is 0.0518 e. The van der Waals surface area contributed by atoms with Crippen molar-refractivity contribution in [1.29, 1.82) is 0 Å². The molecule has 1 unspecified atom stereocenters. The Morgan fingerprint density at radius 3 is 3.17 bits per heavy atom. The Morgan fingerprint density at radius 1 is 1.67 bits per heavy atom. The van der Waals surface area contributed by atoms with Gasteiger partial charge in [0.25, 0.3) is 0 Å². The van der Waals surface area contributed by atoms with Gasteiger partial charge in [-0.1, -0.05) is 11.6 Å². The maximum absolute atomic E-state index is 6.02. The minimum atomic E-state index is 0.288. The lowest BCUT2D eigenvalue weighted by Crippen LogP contribution is -2.03. The molecule has 0 fully saturated rings. The lowest BCUT2D eigenvalue weighted by atomic mass is 9.96. The van der Waals surface area contributed by atoms with E-state index in [0.717, 1.165) is 25.9 Å². The molecule has 0 amide bonds. The highest BCUT2D eigenvalue weighted by atomic mass is 35.5. The summed E-state index contributed by atoms with van der Waals surface area (Å²) in [4.78, 5) is 0. The van der Waals surface area contributed by atoms with Crippen LogP contribution in [-0.2, 0) is 4.74 Å². The Balaban J connectivity index is 2.21. The largest absolute Gasteiger partial charge is 0.385 e. The van der Waals surface area contributed by atoms with Crippen LogP contribution in [0.3, 0.4) is 0 Å². The Hall–Kier alpha value is -0.0100. The molecule has 0 N–H and O–H groups in total. The van der Waals surface area contributed by atoms with Crippen molar-refractivity contribution in [3.05, 3.63) is 11.6 Å². The van der Waals surface area contributed by atoms with Crippen LogP contribution in [0.15, 0.2) is 11.6 Å². The quantitative estimate of drug-likeness (QED) is 0.374. The summed E-state index contributed by atoms with van der Waals surface area (Å²) in [5.74, 6) is 0. The first-order chi connectivity index (χ1) is 5.83. The second kappa shape index (κ2) is 5.60. The van der Waals surface area contributed by atoms with Gasteiger partial charge in [-0.3, -0.25) is 0 Å². The van der Waals surface area contributed by atoms with Crippen LogP contribution in [0.5, 0.6) is 0 Å². The van der Waals surface area contributed by atoms with E-state index in [1.165, 1.54) is 18.4 Å². The molecule has 1 rings (SSSR count). The first-order valence-electron chi connectivity index (χ1n) is 4.65. The molecule has 0 aliphatic heterocycles. The van der Waals surface area contributed by atoms with Crippen molar-refractivity contribution in [2.24, 2.45) is 0 Å². The van der Waals surface area contributed by atoms with Crippen molar-refractivity contribution in [3.8, 4) is 0 Å². The fourth-order valence-corrected chi connectivity index (χ4v) is 1.93. The molecule has 0 heterocycles. The van der Waals surface area contributed by atoms with Gasteiger partial charge < -0.3 is 4.74 Å². The van der Waals surface area contributed by atoms with Gasteiger partial charge in [0.1, 0.15) is 0 Å². The van der Waals surface area contributed by atoms with Gasteiger partial charge in [0, 0.05) is 13.7 Å². The van der Waals surface area contributed by atoms with Crippen molar-refractivity contribution in [2.45, 2.75) is 37.5 Å².